The van der Waals surface area contributed by atoms with Crippen LogP contribution < -0.4 is 4.74 Å². The van der Waals surface area contributed by atoms with Gasteiger partial charge in [0.2, 0.25) is 0 Å². The van der Waals surface area contributed by atoms with Gasteiger partial charge in [-0.2, -0.15) is 0 Å². The van der Waals surface area contributed by atoms with Crippen molar-refractivity contribution < 1.29 is 19.3 Å². The number of hydrogen-bond donors (Lipinski definition) is 1. The Bertz CT molecular complexity index is 980. The Morgan fingerprint density at radius 3 is 2.96 bits per heavy atom. The summed E-state index contributed by atoms with van der Waals surface area (Å²) in [4.78, 5) is 2.32. The van der Waals surface area contributed by atoms with Gasteiger partial charge in [-0.05, 0) is 29.1 Å². The lowest BCUT2D eigenvalue weighted by Crippen LogP contribution is -2.40. The summed E-state index contributed by atoms with van der Waals surface area (Å²) in [5, 5.41) is 14.0. The lowest BCUT2D eigenvalue weighted by Gasteiger charge is -2.28. The summed E-state index contributed by atoms with van der Waals surface area (Å²) in [5.41, 5.74) is 3.19. The molecule has 1 saturated heterocycles. The summed E-state index contributed by atoms with van der Waals surface area (Å²) in [6.45, 7) is 4.83. The molecule has 1 atom stereocenters. The minimum atomic E-state index is 0.0906. The van der Waals surface area contributed by atoms with Crippen molar-refractivity contribution >= 4 is 21.4 Å². The highest BCUT2D eigenvalue weighted by Crippen LogP contribution is 2.41. The number of phenolic OH excluding ortho intramolecular Hbond substituents is 1. The van der Waals surface area contributed by atoms with Crippen molar-refractivity contribution in [2.75, 3.05) is 39.5 Å². The Labute approximate surface area is 168 Å². The van der Waals surface area contributed by atoms with Crippen LogP contribution in [0.25, 0.3) is 21.2 Å². The van der Waals surface area contributed by atoms with Crippen LogP contribution in [0.5, 0.6) is 11.5 Å². The zero-order chi connectivity index (χ0) is 18.9. The molecular formula is C22H23NO4S. The van der Waals surface area contributed by atoms with E-state index < -0.39 is 0 Å². The molecule has 1 aromatic heterocycles. The van der Waals surface area contributed by atoms with Crippen molar-refractivity contribution in [2.24, 2.45) is 0 Å². The number of thiophene rings is 1. The third-order valence-corrected chi connectivity index (χ3v) is 6.30. The van der Waals surface area contributed by atoms with Crippen LogP contribution in [0.2, 0.25) is 0 Å². The van der Waals surface area contributed by atoms with Crippen molar-refractivity contribution in [3.63, 3.8) is 0 Å². The molecule has 0 bridgehead atoms. The van der Waals surface area contributed by atoms with Gasteiger partial charge in [0, 0.05) is 40.8 Å². The van der Waals surface area contributed by atoms with Crippen molar-refractivity contribution in [1.82, 2.24) is 4.90 Å². The topological polar surface area (TPSA) is 51.2 Å². The van der Waals surface area contributed by atoms with E-state index in [0.29, 0.717) is 32.2 Å². The quantitative estimate of drug-likeness (QED) is 0.727. The van der Waals surface area contributed by atoms with E-state index in [1.807, 2.05) is 6.07 Å². The summed E-state index contributed by atoms with van der Waals surface area (Å²) >= 11 is 1.73. The first-order valence-corrected chi connectivity index (χ1v) is 10.5. The summed E-state index contributed by atoms with van der Waals surface area (Å²) < 4.78 is 18.5. The van der Waals surface area contributed by atoms with Crippen LogP contribution in [-0.2, 0) is 16.0 Å². The van der Waals surface area contributed by atoms with E-state index in [1.165, 1.54) is 10.1 Å². The van der Waals surface area contributed by atoms with Gasteiger partial charge < -0.3 is 19.3 Å². The Balaban J connectivity index is 1.46. The molecule has 0 amide bonds. The molecule has 5 rings (SSSR count). The average molecular weight is 397 g/mol. The Morgan fingerprint density at radius 1 is 1.14 bits per heavy atom. The smallest absolute Gasteiger partial charge is 0.165 e. The summed E-state index contributed by atoms with van der Waals surface area (Å²) in [6.07, 6.45) is 0.0906. The summed E-state index contributed by atoms with van der Waals surface area (Å²) in [7, 11) is 0. The molecule has 6 heteroatoms. The molecule has 1 N–H and O–H groups in total. The van der Waals surface area contributed by atoms with E-state index in [1.54, 1.807) is 11.3 Å². The fraction of sp³-hybridized carbons (Fsp3) is 0.364. The molecule has 0 unspecified atom stereocenters. The lowest BCUT2D eigenvalue weighted by atomic mass is 10.0. The zero-order valence-electron chi connectivity index (χ0n) is 15.6. The molecule has 5 nitrogen and oxygen atoms in total. The molecule has 2 aliphatic rings. The van der Waals surface area contributed by atoms with Gasteiger partial charge >= 0.3 is 0 Å². The Kier molecular flexibility index (Phi) is 4.94. The molecule has 2 aromatic carbocycles. The van der Waals surface area contributed by atoms with Gasteiger partial charge in [0.25, 0.3) is 0 Å². The van der Waals surface area contributed by atoms with Crippen LogP contribution in [0.3, 0.4) is 0 Å². The predicted octanol–water partition coefficient (Wildman–Crippen LogP) is 3.88. The number of hydrogen-bond acceptors (Lipinski definition) is 6. The largest absolute Gasteiger partial charge is 0.504 e. The molecule has 0 aliphatic carbocycles. The minimum Gasteiger partial charge on any atom is -0.504 e. The SMILES string of the molecule is Oc1cc(-c2csc3ccccc23)cc2c1OCCN(C[C@@H]1COCCO1)C2. The van der Waals surface area contributed by atoms with Crippen LogP contribution in [-0.4, -0.2) is 55.6 Å². The molecule has 1 fully saturated rings. The first-order valence-electron chi connectivity index (χ1n) is 9.65. The van der Waals surface area contributed by atoms with Gasteiger partial charge in [-0.3, -0.25) is 4.90 Å². The van der Waals surface area contributed by atoms with Gasteiger partial charge in [-0.25, -0.2) is 0 Å². The highest BCUT2D eigenvalue weighted by Gasteiger charge is 2.24. The fourth-order valence-corrected chi connectivity index (χ4v) is 4.97. The molecule has 3 heterocycles. The maximum Gasteiger partial charge on any atom is 0.165 e. The molecular weight excluding hydrogens is 374 g/mol. The number of nitrogens with zero attached hydrogens (tertiary/aromatic N) is 1. The van der Waals surface area contributed by atoms with Crippen LogP contribution >= 0.6 is 11.3 Å². The fourth-order valence-electron chi connectivity index (χ4n) is 4.00. The first kappa shape index (κ1) is 17.9. The average Bonchev–Trinajstić information content (AvgIpc) is 3.04. The van der Waals surface area contributed by atoms with Crippen LogP contribution in [0, 0.1) is 0 Å². The molecule has 2 aliphatic heterocycles. The Hall–Kier alpha value is -2.12. The molecule has 3 aromatic rings. The highest BCUT2D eigenvalue weighted by molar-refractivity contribution is 7.17. The van der Waals surface area contributed by atoms with E-state index in [2.05, 4.69) is 40.6 Å². The van der Waals surface area contributed by atoms with Crippen molar-refractivity contribution in [3.05, 3.63) is 47.3 Å². The second-order valence-electron chi connectivity index (χ2n) is 7.28. The normalized spacial score (nSPS) is 20.5. The molecule has 0 radical (unpaired) electrons. The highest BCUT2D eigenvalue weighted by atomic mass is 32.1. The predicted molar refractivity (Wildman–Crippen MR) is 110 cm³/mol. The third-order valence-electron chi connectivity index (χ3n) is 5.33. The second-order valence-corrected chi connectivity index (χ2v) is 8.19. The molecule has 0 spiro atoms. The first-order chi connectivity index (χ1) is 13.8. The van der Waals surface area contributed by atoms with Gasteiger partial charge in [-0.15, -0.1) is 11.3 Å². The second kappa shape index (κ2) is 7.72. The van der Waals surface area contributed by atoms with Crippen molar-refractivity contribution in [2.45, 2.75) is 12.6 Å². The number of rotatable bonds is 3. The van der Waals surface area contributed by atoms with E-state index in [4.69, 9.17) is 14.2 Å². The number of benzene rings is 2. The Morgan fingerprint density at radius 2 is 2.07 bits per heavy atom. The van der Waals surface area contributed by atoms with Gasteiger partial charge in [-0.1, -0.05) is 18.2 Å². The van der Waals surface area contributed by atoms with Gasteiger partial charge in [0.05, 0.1) is 25.9 Å². The van der Waals surface area contributed by atoms with Crippen LogP contribution in [0.15, 0.2) is 41.8 Å². The van der Waals surface area contributed by atoms with Crippen molar-refractivity contribution in [3.8, 4) is 22.6 Å². The number of ether oxygens (including phenoxy) is 3. The monoisotopic (exact) mass is 397 g/mol. The van der Waals surface area contributed by atoms with E-state index in [0.717, 1.165) is 36.3 Å². The van der Waals surface area contributed by atoms with Gasteiger partial charge in [0.1, 0.15) is 6.61 Å². The lowest BCUT2D eigenvalue weighted by molar-refractivity contribution is -0.0982. The van der Waals surface area contributed by atoms with Gasteiger partial charge in [0.15, 0.2) is 11.5 Å². The maximum atomic E-state index is 10.7. The summed E-state index contributed by atoms with van der Waals surface area (Å²) in [5.74, 6) is 0.813. The zero-order valence-corrected chi connectivity index (χ0v) is 16.4. The standard InChI is InChI=1S/C22H23NO4S/c24-20-10-15(19-14-28-21-4-2-1-3-18(19)21)9-16-11-23(5-6-27-22(16)20)12-17-13-25-7-8-26-17/h1-4,9-10,14,17,24H,5-8,11-13H2/t17-/m1/s1. The number of fused-ring (bicyclic) bond motifs is 2. The molecule has 146 valence electrons. The molecule has 28 heavy (non-hydrogen) atoms. The maximum absolute atomic E-state index is 10.7. The molecule has 0 saturated carbocycles. The number of phenols is 1. The number of aromatic hydroxyl groups is 1. The van der Waals surface area contributed by atoms with E-state index in [-0.39, 0.29) is 11.9 Å². The third kappa shape index (κ3) is 3.49. The van der Waals surface area contributed by atoms with Crippen LogP contribution in [0.1, 0.15) is 5.56 Å². The van der Waals surface area contributed by atoms with E-state index >= 15 is 0 Å². The summed E-state index contributed by atoms with van der Waals surface area (Å²) in [6, 6.07) is 12.3. The van der Waals surface area contributed by atoms with E-state index in [9.17, 15) is 5.11 Å². The van der Waals surface area contributed by atoms with Crippen LogP contribution in [0.4, 0.5) is 0 Å². The minimum absolute atomic E-state index is 0.0906. The van der Waals surface area contributed by atoms with Crippen molar-refractivity contribution in [1.29, 1.82) is 0 Å².